The summed E-state index contributed by atoms with van der Waals surface area (Å²) in [6.45, 7) is 0. The Kier molecular flexibility index (Phi) is 4.47. The molecule has 1 aliphatic carbocycles. The van der Waals surface area contributed by atoms with Crippen LogP contribution in [0.2, 0.25) is 0 Å². The third-order valence-corrected chi connectivity index (χ3v) is 3.41. The molecule has 0 saturated heterocycles. The van der Waals surface area contributed by atoms with E-state index in [0.29, 0.717) is 18.4 Å². The molecular formula is C14H17F2NO2. The standard InChI is InChI=1S/C14H17F2NO2/c15-12-6-1-9(7-13(12)16)8-14(19)17-10-2-4-11(18)5-3-10/h1,6-7,10-11,18H,2-5,8H2,(H,17,19). The van der Waals surface area contributed by atoms with Gasteiger partial charge < -0.3 is 10.4 Å². The maximum Gasteiger partial charge on any atom is 0.224 e. The number of carbonyl (C=O) groups excluding carboxylic acids is 1. The first-order valence-corrected chi connectivity index (χ1v) is 6.46. The van der Waals surface area contributed by atoms with Crippen LogP contribution in [0.4, 0.5) is 8.78 Å². The van der Waals surface area contributed by atoms with E-state index in [1.54, 1.807) is 0 Å². The number of aliphatic hydroxyl groups is 1. The topological polar surface area (TPSA) is 49.3 Å². The van der Waals surface area contributed by atoms with Gasteiger partial charge in [0.05, 0.1) is 12.5 Å². The largest absolute Gasteiger partial charge is 0.393 e. The Balaban J connectivity index is 1.85. The van der Waals surface area contributed by atoms with Crippen molar-refractivity contribution in [1.29, 1.82) is 0 Å². The van der Waals surface area contributed by atoms with Crippen molar-refractivity contribution in [3.05, 3.63) is 35.4 Å². The fourth-order valence-corrected chi connectivity index (χ4v) is 2.33. The minimum absolute atomic E-state index is 0.0379. The lowest BCUT2D eigenvalue weighted by molar-refractivity contribution is -0.121. The quantitative estimate of drug-likeness (QED) is 0.881. The van der Waals surface area contributed by atoms with Crippen molar-refractivity contribution >= 4 is 5.91 Å². The first kappa shape index (κ1) is 13.9. The van der Waals surface area contributed by atoms with Crippen LogP contribution in [0.25, 0.3) is 0 Å². The number of nitrogens with one attached hydrogen (secondary N) is 1. The Morgan fingerprint density at radius 3 is 2.53 bits per heavy atom. The molecule has 104 valence electrons. The van der Waals surface area contributed by atoms with Crippen molar-refractivity contribution in [3.63, 3.8) is 0 Å². The summed E-state index contributed by atoms with van der Waals surface area (Å²) in [4.78, 5) is 11.8. The average Bonchev–Trinajstić information content (AvgIpc) is 2.37. The molecule has 1 saturated carbocycles. The predicted octanol–water partition coefficient (Wildman–Crippen LogP) is 1.93. The van der Waals surface area contributed by atoms with Gasteiger partial charge >= 0.3 is 0 Å². The lowest BCUT2D eigenvalue weighted by atomic mass is 9.93. The first-order valence-electron chi connectivity index (χ1n) is 6.46. The van der Waals surface area contributed by atoms with E-state index in [0.717, 1.165) is 25.0 Å². The number of hydrogen-bond acceptors (Lipinski definition) is 2. The monoisotopic (exact) mass is 269 g/mol. The molecule has 1 amide bonds. The van der Waals surface area contributed by atoms with Crippen LogP contribution in [0.15, 0.2) is 18.2 Å². The van der Waals surface area contributed by atoms with Crippen LogP contribution in [0.3, 0.4) is 0 Å². The predicted molar refractivity (Wildman–Crippen MR) is 66.5 cm³/mol. The van der Waals surface area contributed by atoms with Crippen LogP contribution in [0.1, 0.15) is 31.2 Å². The van der Waals surface area contributed by atoms with Gasteiger partial charge in [0.2, 0.25) is 5.91 Å². The second-order valence-corrected chi connectivity index (χ2v) is 5.00. The molecule has 1 fully saturated rings. The molecule has 3 nitrogen and oxygen atoms in total. The number of rotatable bonds is 3. The van der Waals surface area contributed by atoms with Crippen molar-refractivity contribution in [2.24, 2.45) is 0 Å². The van der Waals surface area contributed by atoms with Crippen LogP contribution in [-0.4, -0.2) is 23.2 Å². The van der Waals surface area contributed by atoms with Gasteiger partial charge in [0.1, 0.15) is 0 Å². The van der Waals surface area contributed by atoms with E-state index in [-0.39, 0.29) is 24.5 Å². The van der Waals surface area contributed by atoms with Crippen molar-refractivity contribution in [2.75, 3.05) is 0 Å². The van der Waals surface area contributed by atoms with Gasteiger partial charge in [-0.05, 0) is 43.4 Å². The molecule has 0 spiro atoms. The molecule has 2 N–H and O–H groups in total. The molecule has 0 aromatic heterocycles. The summed E-state index contributed by atoms with van der Waals surface area (Å²) in [6.07, 6.45) is 2.66. The summed E-state index contributed by atoms with van der Waals surface area (Å²) < 4.78 is 25.7. The zero-order valence-corrected chi connectivity index (χ0v) is 10.5. The molecule has 1 aromatic rings. The van der Waals surface area contributed by atoms with Crippen molar-refractivity contribution in [1.82, 2.24) is 5.32 Å². The maximum absolute atomic E-state index is 13.0. The summed E-state index contributed by atoms with van der Waals surface area (Å²) in [5.74, 6) is -2.05. The number of aliphatic hydroxyl groups excluding tert-OH is 1. The number of hydrogen-bond donors (Lipinski definition) is 2. The van der Waals surface area contributed by atoms with Crippen LogP contribution in [-0.2, 0) is 11.2 Å². The molecule has 0 unspecified atom stereocenters. The molecule has 0 aliphatic heterocycles. The van der Waals surface area contributed by atoms with E-state index in [2.05, 4.69) is 5.32 Å². The molecule has 1 aromatic carbocycles. The number of halogens is 2. The van der Waals surface area contributed by atoms with Crippen LogP contribution >= 0.6 is 0 Å². The number of carbonyl (C=O) groups is 1. The third-order valence-electron chi connectivity index (χ3n) is 3.41. The highest BCUT2D eigenvalue weighted by molar-refractivity contribution is 5.78. The van der Waals surface area contributed by atoms with Crippen molar-refractivity contribution in [3.8, 4) is 0 Å². The van der Waals surface area contributed by atoms with Crippen LogP contribution in [0, 0.1) is 11.6 Å². The Morgan fingerprint density at radius 1 is 1.21 bits per heavy atom. The van der Waals surface area contributed by atoms with Crippen LogP contribution in [0.5, 0.6) is 0 Å². The van der Waals surface area contributed by atoms with Gasteiger partial charge in [0.15, 0.2) is 11.6 Å². The Hall–Kier alpha value is -1.49. The summed E-state index contributed by atoms with van der Waals surface area (Å²) in [5, 5.41) is 12.2. The van der Waals surface area contributed by atoms with E-state index in [1.807, 2.05) is 0 Å². The zero-order chi connectivity index (χ0) is 13.8. The van der Waals surface area contributed by atoms with E-state index in [9.17, 15) is 18.7 Å². The first-order chi connectivity index (χ1) is 9.04. The Labute approximate surface area is 110 Å². The lowest BCUT2D eigenvalue weighted by Crippen LogP contribution is -2.39. The number of benzene rings is 1. The second-order valence-electron chi connectivity index (χ2n) is 5.00. The lowest BCUT2D eigenvalue weighted by Gasteiger charge is -2.26. The van der Waals surface area contributed by atoms with E-state index in [1.165, 1.54) is 6.07 Å². The van der Waals surface area contributed by atoms with Crippen molar-refractivity contribution in [2.45, 2.75) is 44.2 Å². The molecule has 19 heavy (non-hydrogen) atoms. The fraction of sp³-hybridized carbons (Fsp3) is 0.500. The molecule has 1 aliphatic rings. The summed E-state index contributed by atoms with van der Waals surface area (Å²) in [5.41, 5.74) is 0.451. The molecule has 0 radical (unpaired) electrons. The van der Waals surface area contributed by atoms with Gasteiger partial charge in [0.25, 0.3) is 0 Å². The zero-order valence-electron chi connectivity index (χ0n) is 10.5. The highest BCUT2D eigenvalue weighted by Crippen LogP contribution is 2.18. The van der Waals surface area contributed by atoms with Gasteiger partial charge in [-0.25, -0.2) is 8.78 Å². The summed E-state index contributed by atoms with van der Waals surface area (Å²) in [7, 11) is 0. The molecule has 0 heterocycles. The van der Waals surface area contributed by atoms with Crippen molar-refractivity contribution < 1.29 is 18.7 Å². The van der Waals surface area contributed by atoms with Gasteiger partial charge in [0, 0.05) is 6.04 Å². The molecule has 5 heteroatoms. The van der Waals surface area contributed by atoms with E-state index < -0.39 is 11.6 Å². The van der Waals surface area contributed by atoms with Crippen LogP contribution < -0.4 is 5.32 Å². The smallest absolute Gasteiger partial charge is 0.224 e. The molecule has 2 rings (SSSR count). The maximum atomic E-state index is 13.0. The minimum atomic E-state index is -0.939. The molecule has 0 bridgehead atoms. The van der Waals surface area contributed by atoms with Gasteiger partial charge in [-0.2, -0.15) is 0 Å². The number of amides is 1. The highest BCUT2D eigenvalue weighted by atomic mass is 19.2. The summed E-state index contributed by atoms with van der Waals surface area (Å²) in [6, 6.07) is 3.54. The fourth-order valence-electron chi connectivity index (χ4n) is 2.33. The third kappa shape index (κ3) is 3.99. The van der Waals surface area contributed by atoms with E-state index in [4.69, 9.17) is 0 Å². The minimum Gasteiger partial charge on any atom is -0.393 e. The normalized spacial score (nSPS) is 23.1. The van der Waals surface area contributed by atoms with E-state index >= 15 is 0 Å². The summed E-state index contributed by atoms with van der Waals surface area (Å²) >= 11 is 0. The van der Waals surface area contributed by atoms with Gasteiger partial charge in [-0.1, -0.05) is 6.07 Å². The average molecular weight is 269 g/mol. The van der Waals surface area contributed by atoms with Gasteiger partial charge in [-0.3, -0.25) is 4.79 Å². The molecule has 0 atom stereocenters. The Morgan fingerprint density at radius 2 is 1.89 bits per heavy atom. The Bertz CT molecular complexity index is 457. The highest BCUT2D eigenvalue weighted by Gasteiger charge is 2.20. The van der Waals surface area contributed by atoms with Gasteiger partial charge in [-0.15, -0.1) is 0 Å². The second kappa shape index (κ2) is 6.10. The molecular weight excluding hydrogens is 252 g/mol. The SMILES string of the molecule is O=C(Cc1ccc(F)c(F)c1)NC1CCC(O)CC1.